The van der Waals surface area contributed by atoms with Crippen molar-refractivity contribution >= 4 is 27.6 Å². The molecule has 0 aliphatic rings. The predicted molar refractivity (Wildman–Crippen MR) is 310 cm³/mol. The summed E-state index contributed by atoms with van der Waals surface area (Å²) in [5, 5.41) is 39.5. The van der Waals surface area contributed by atoms with Gasteiger partial charge in [0.05, 0.1) is 29.0 Å². The number of carbonyl (C=O) groups excluding carboxylic acids is 1. The van der Waals surface area contributed by atoms with Gasteiger partial charge in [-0.15, -0.1) is 0 Å². The molecule has 8 N–H and O–H groups in total. The number of aromatic nitrogens is 5. The fraction of sp³-hybridized carbons (Fsp3) is 0.242. The lowest BCUT2D eigenvalue weighted by Gasteiger charge is -2.43. The van der Waals surface area contributed by atoms with Crippen molar-refractivity contribution in [1.82, 2.24) is 24.3 Å². The van der Waals surface area contributed by atoms with Crippen molar-refractivity contribution in [1.29, 1.82) is 0 Å². The number of benzene rings is 6. The maximum atomic E-state index is 12.3. The smallest absolute Gasteiger partial charge is 0.219 e. The van der Waals surface area contributed by atoms with Crippen LogP contribution in [0.4, 0.5) is 5.82 Å². The van der Waals surface area contributed by atoms with Gasteiger partial charge in [-0.25, -0.2) is 19.9 Å². The van der Waals surface area contributed by atoms with Crippen LogP contribution in [-0.2, 0) is 40.0 Å². The first-order chi connectivity index (χ1) is 36.9. The quantitative estimate of drug-likeness (QED) is 0.0534. The standard InChI is InChI=1S/C26H21N3O3.C19H32O4S.C17H15N3O.H2O/c30-20-10-6-18(7-11-20)15-23-26(32)29-16-24(19-8-12-21(31)13-9-19)27-22(25(29)28-23)14-17-4-2-1-3-5-17;1-8-21-18(22-9-2)17(20)14-15-10-12-16(13-11-15)23-24(6,7)19(3,4)5;18-17-15(10-12-4-2-1-3-5-12)20-16(11-19-17)13-6-8-14(21)9-7-13;/h1-13,16,30-32H,14-15H2;10-13,18H,8-9,14H2,1-7H3;1-9,11,21H,10H2,(H2,18,19);1H2. The number of hydrogen-bond acceptors (Lipinski definition) is 13. The minimum Gasteiger partial charge on any atom is -0.508 e. The lowest BCUT2D eigenvalue weighted by atomic mass is 10.1. The minimum absolute atomic E-state index is 0. The molecule has 0 saturated carbocycles. The maximum Gasteiger partial charge on any atom is 0.219 e. The molecule has 6 aromatic carbocycles. The summed E-state index contributed by atoms with van der Waals surface area (Å²) in [6.07, 6.45) is 8.89. The number of hydrogen-bond donors (Lipinski definition) is 5. The van der Waals surface area contributed by atoms with Crippen LogP contribution in [0.2, 0.25) is 0 Å². The fourth-order valence-electron chi connectivity index (χ4n) is 7.73. The number of Topliss-reactive ketones (excluding diaryl/α,β-unsaturated/α-hetero) is 1. The third-order valence-corrected chi connectivity index (χ3v) is 16.2. The van der Waals surface area contributed by atoms with Gasteiger partial charge in [0.1, 0.15) is 34.5 Å². The highest BCUT2D eigenvalue weighted by Gasteiger charge is 2.30. The lowest BCUT2D eigenvalue weighted by Crippen LogP contribution is -2.29. The summed E-state index contributed by atoms with van der Waals surface area (Å²) in [4.78, 5) is 30.7. The van der Waals surface area contributed by atoms with E-state index in [1.54, 1.807) is 65.3 Å². The summed E-state index contributed by atoms with van der Waals surface area (Å²) in [5.74, 6) is 1.89. The van der Waals surface area contributed by atoms with E-state index in [9.17, 15) is 25.2 Å². The van der Waals surface area contributed by atoms with E-state index < -0.39 is 16.6 Å². The van der Waals surface area contributed by atoms with Crippen molar-refractivity contribution in [3.8, 4) is 51.4 Å². The van der Waals surface area contributed by atoms with Crippen LogP contribution in [0, 0.1) is 0 Å². The molecule has 15 nitrogen and oxygen atoms in total. The summed E-state index contributed by atoms with van der Waals surface area (Å²) < 4.78 is 18.7. The Hall–Kier alpha value is -8.28. The zero-order valence-corrected chi connectivity index (χ0v) is 45.9. The molecule has 0 atom stereocenters. The van der Waals surface area contributed by atoms with Gasteiger partial charge in [-0.3, -0.25) is 9.20 Å². The molecule has 9 aromatic rings. The summed E-state index contributed by atoms with van der Waals surface area (Å²) >= 11 is 0. The number of ketones is 1. The van der Waals surface area contributed by atoms with E-state index in [1.807, 2.05) is 123 Å². The molecule has 16 heteroatoms. The SMILES string of the molecule is CCOC(OCC)C(=O)Cc1ccc(OS(C)(C)C(C)(C)C)cc1.Nc1ncc(-c2ccc(O)cc2)nc1Cc1ccccc1.O.Oc1ccc(Cc2nc3c(Cc4ccccc4)nc(-c4ccc(O)cc4)cn3c2O)cc1. The van der Waals surface area contributed by atoms with E-state index >= 15 is 0 Å². The third kappa shape index (κ3) is 16.1. The monoisotopic (exact) mass is 1070 g/mol. The second-order valence-corrected chi connectivity index (χ2v) is 23.3. The van der Waals surface area contributed by atoms with Crippen molar-refractivity contribution in [2.75, 3.05) is 31.5 Å². The lowest BCUT2D eigenvalue weighted by molar-refractivity contribution is -0.167. The summed E-state index contributed by atoms with van der Waals surface area (Å²) in [6, 6.07) is 48.3. The van der Waals surface area contributed by atoms with Crippen LogP contribution >= 0.6 is 10.3 Å². The number of anilines is 1. The molecule has 408 valence electrons. The van der Waals surface area contributed by atoms with Crippen molar-refractivity contribution in [3.05, 3.63) is 209 Å². The van der Waals surface area contributed by atoms with Crippen LogP contribution in [0.25, 0.3) is 28.2 Å². The highest BCUT2D eigenvalue weighted by molar-refractivity contribution is 8.30. The van der Waals surface area contributed by atoms with E-state index in [0.717, 1.165) is 56.2 Å². The third-order valence-electron chi connectivity index (χ3n) is 12.6. The number of phenolic OH excluding ortho intramolecular Hbond substituents is 3. The van der Waals surface area contributed by atoms with Gasteiger partial charge < -0.3 is 45.3 Å². The van der Waals surface area contributed by atoms with Gasteiger partial charge in [0.2, 0.25) is 12.2 Å². The molecule has 0 fully saturated rings. The van der Waals surface area contributed by atoms with Gasteiger partial charge in [0, 0.05) is 61.0 Å². The maximum absolute atomic E-state index is 12.3. The highest BCUT2D eigenvalue weighted by atomic mass is 32.3. The molecule has 3 aromatic heterocycles. The second-order valence-electron chi connectivity index (χ2n) is 19.5. The van der Waals surface area contributed by atoms with Crippen molar-refractivity contribution < 1.29 is 44.4 Å². The van der Waals surface area contributed by atoms with Gasteiger partial charge in [-0.2, -0.15) is 0 Å². The van der Waals surface area contributed by atoms with Crippen LogP contribution in [0.5, 0.6) is 28.9 Å². The topological polar surface area (TPSA) is 239 Å². The normalized spacial score (nSPS) is 11.4. The zero-order chi connectivity index (χ0) is 55.1. The number of imidazole rings is 1. The first-order valence-electron chi connectivity index (χ1n) is 25.3. The van der Waals surface area contributed by atoms with E-state index in [-0.39, 0.29) is 39.1 Å². The van der Waals surface area contributed by atoms with Crippen LogP contribution < -0.4 is 9.92 Å². The number of nitrogens with zero attached hydrogens (tertiary/aromatic N) is 5. The summed E-state index contributed by atoms with van der Waals surface area (Å²) in [7, 11) is -1.22. The van der Waals surface area contributed by atoms with Gasteiger partial charge >= 0.3 is 0 Å². The van der Waals surface area contributed by atoms with Crippen LogP contribution in [-0.4, -0.2) is 92.8 Å². The predicted octanol–water partition coefficient (Wildman–Crippen LogP) is 11.2. The zero-order valence-electron chi connectivity index (χ0n) is 45.1. The first-order valence-corrected chi connectivity index (χ1v) is 27.7. The molecule has 0 radical (unpaired) electrons. The van der Waals surface area contributed by atoms with Crippen molar-refractivity contribution in [2.45, 2.75) is 71.3 Å². The molecule has 0 amide bonds. The second kappa shape index (κ2) is 27.2. The van der Waals surface area contributed by atoms with Crippen molar-refractivity contribution in [3.63, 3.8) is 0 Å². The number of carbonyl (C=O) groups is 1. The number of fused-ring (bicyclic) bond motifs is 1. The largest absolute Gasteiger partial charge is 0.508 e. The molecule has 0 saturated heterocycles. The molecular formula is C62H70N6O9S. The number of nitrogen functional groups attached to an aromatic ring is 1. The summed E-state index contributed by atoms with van der Waals surface area (Å²) in [5.41, 5.74) is 15.8. The molecule has 0 bridgehead atoms. The Morgan fingerprint density at radius 3 is 1.55 bits per heavy atom. The van der Waals surface area contributed by atoms with E-state index in [4.69, 9.17) is 29.4 Å². The Kier molecular flexibility index (Phi) is 20.5. The molecule has 9 rings (SSSR count). The Morgan fingerprint density at radius 2 is 1.04 bits per heavy atom. The van der Waals surface area contributed by atoms with E-state index in [2.05, 4.69) is 43.3 Å². The van der Waals surface area contributed by atoms with Gasteiger partial charge in [-0.1, -0.05) is 95.2 Å². The van der Waals surface area contributed by atoms with Crippen LogP contribution in [0.1, 0.15) is 74.0 Å². The fourth-order valence-corrected chi connectivity index (χ4v) is 8.57. The molecule has 3 heterocycles. The molecule has 0 aliphatic carbocycles. The van der Waals surface area contributed by atoms with Crippen molar-refractivity contribution in [2.24, 2.45) is 0 Å². The molecular weight excluding hydrogens is 1000 g/mol. The summed E-state index contributed by atoms with van der Waals surface area (Å²) in [6.45, 7) is 11.2. The number of aromatic hydroxyl groups is 4. The van der Waals surface area contributed by atoms with Gasteiger partial charge in [-0.05, 0) is 142 Å². The van der Waals surface area contributed by atoms with Gasteiger partial charge in [0.25, 0.3) is 0 Å². The van der Waals surface area contributed by atoms with E-state index in [0.29, 0.717) is 61.7 Å². The molecule has 0 spiro atoms. The Balaban J connectivity index is 0.000000193. The Morgan fingerprint density at radius 1 is 0.590 bits per heavy atom. The number of phenols is 3. The van der Waals surface area contributed by atoms with Crippen LogP contribution in [0.15, 0.2) is 170 Å². The molecule has 0 unspecified atom stereocenters. The average molecular weight is 1080 g/mol. The number of ether oxygens (including phenoxy) is 2. The van der Waals surface area contributed by atoms with Gasteiger partial charge in [0.15, 0.2) is 11.4 Å². The van der Waals surface area contributed by atoms with E-state index in [1.165, 1.54) is 0 Å². The molecule has 0 aliphatic heterocycles. The Bertz CT molecular complexity index is 3310. The number of rotatable bonds is 17. The highest BCUT2D eigenvalue weighted by Crippen LogP contribution is 2.53. The Labute approximate surface area is 457 Å². The van der Waals surface area contributed by atoms with Crippen LogP contribution in [0.3, 0.4) is 0 Å². The minimum atomic E-state index is -1.22. The average Bonchev–Trinajstić information content (AvgIpc) is 3.76. The number of nitrogens with two attached hydrogens (primary N) is 1. The molecule has 78 heavy (non-hydrogen) atoms. The first kappa shape index (κ1) is 59.0.